The summed E-state index contributed by atoms with van der Waals surface area (Å²) in [7, 11) is 0. The fraction of sp³-hybridized carbons (Fsp3) is 0.455. The van der Waals surface area contributed by atoms with E-state index in [1.807, 2.05) is 18.2 Å². The third kappa shape index (κ3) is 4.28. The summed E-state index contributed by atoms with van der Waals surface area (Å²) in [6.07, 6.45) is 3.54. The Morgan fingerprint density at radius 2 is 2.20 bits per heavy atom. The van der Waals surface area contributed by atoms with Gasteiger partial charge in [0.05, 0.1) is 6.07 Å². The van der Waals surface area contributed by atoms with Crippen LogP contribution >= 0.6 is 11.6 Å². The lowest BCUT2D eigenvalue weighted by atomic mass is 10.2. The smallest absolute Gasteiger partial charge is 0.133 e. The maximum absolute atomic E-state index is 8.63. The van der Waals surface area contributed by atoms with Crippen molar-refractivity contribution in [3.05, 3.63) is 30.1 Å². The topological polar surface area (TPSA) is 39.9 Å². The molecule has 0 saturated carbocycles. The van der Waals surface area contributed by atoms with E-state index in [2.05, 4.69) is 16.8 Å². The van der Waals surface area contributed by atoms with Gasteiger partial charge in [0, 0.05) is 25.5 Å². The minimum Gasteiger partial charge on any atom is -0.297 e. The molecule has 1 aromatic heterocycles. The second kappa shape index (κ2) is 6.39. The molecule has 3 nitrogen and oxygen atoms in total. The van der Waals surface area contributed by atoms with Gasteiger partial charge in [-0.2, -0.15) is 5.26 Å². The van der Waals surface area contributed by atoms with Gasteiger partial charge in [-0.15, -0.1) is 11.6 Å². The molecule has 1 rings (SSSR count). The molecule has 0 aromatic carbocycles. The van der Waals surface area contributed by atoms with Crippen LogP contribution in [0.2, 0.25) is 0 Å². The number of nitrogens with zero attached hydrogens (tertiary/aromatic N) is 3. The van der Waals surface area contributed by atoms with Gasteiger partial charge in [0.1, 0.15) is 5.38 Å². The van der Waals surface area contributed by atoms with Gasteiger partial charge in [0.25, 0.3) is 0 Å². The third-order valence-corrected chi connectivity index (χ3v) is 2.40. The molecule has 1 unspecified atom stereocenters. The van der Waals surface area contributed by atoms with Gasteiger partial charge in [-0.3, -0.25) is 9.88 Å². The maximum atomic E-state index is 8.63. The van der Waals surface area contributed by atoms with Crippen molar-refractivity contribution >= 4 is 11.6 Å². The zero-order valence-electron chi connectivity index (χ0n) is 8.73. The SMILES string of the molecule is CCN(Cc1ccncc1)CC(Cl)C#N. The summed E-state index contributed by atoms with van der Waals surface area (Å²) >= 11 is 5.79. The Balaban J connectivity index is 2.51. The van der Waals surface area contributed by atoms with Crippen LogP contribution in [0.3, 0.4) is 0 Å². The van der Waals surface area contributed by atoms with E-state index in [4.69, 9.17) is 16.9 Å². The number of pyridine rings is 1. The summed E-state index contributed by atoms with van der Waals surface area (Å²) in [4.78, 5) is 6.09. The van der Waals surface area contributed by atoms with Crippen LogP contribution in [0.1, 0.15) is 12.5 Å². The van der Waals surface area contributed by atoms with Crippen LogP contribution in [0.5, 0.6) is 0 Å². The molecule has 4 heteroatoms. The number of aromatic nitrogens is 1. The van der Waals surface area contributed by atoms with Crippen molar-refractivity contribution in [2.75, 3.05) is 13.1 Å². The Morgan fingerprint density at radius 3 is 2.73 bits per heavy atom. The lowest BCUT2D eigenvalue weighted by Gasteiger charge is -2.20. The molecule has 0 spiro atoms. The highest BCUT2D eigenvalue weighted by atomic mass is 35.5. The summed E-state index contributed by atoms with van der Waals surface area (Å²) < 4.78 is 0. The van der Waals surface area contributed by atoms with E-state index in [9.17, 15) is 0 Å². The number of halogens is 1. The van der Waals surface area contributed by atoms with E-state index in [1.54, 1.807) is 12.4 Å². The van der Waals surface area contributed by atoms with Crippen molar-refractivity contribution in [1.29, 1.82) is 5.26 Å². The van der Waals surface area contributed by atoms with Crippen LogP contribution < -0.4 is 0 Å². The van der Waals surface area contributed by atoms with Gasteiger partial charge >= 0.3 is 0 Å². The molecule has 1 aromatic rings. The van der Waals surface area contributed by atoms with Crippen molar-refractivity contribution in [3.8, 4) is 6.07 Å². The largest absolute Gasteiger partial charge is 0.297 e. The van der Waals surface area contributed by atoms with Crippen LogP contribution in [0.4, 0.5) is 0 Å². The second-order valence-electron chi connectivity index (χ2n) is 3.28. The molecule has 0 amide bonds. The number of nitriles is 1. The lowest BCUT2D eigenvalue weighted by Crippen LogP contribution is -2.28. The molecule has 0 aliphatic heterocycles. The minimum atomic E-state index is -0.438. The van der Waals surface area contributed by atoms with Crippen molar-refractivity contribution in [2.45, 2.75) is 18.8 Å². The first-order valence-corrected chi connectivity index (χ1v) is 5.34. The quantitative estimate of drug-likeness (QED) is 0.718. The first-order chi connectivity index (χ1) is 7.26. The molecule has 0 aliphatic rings. The van der Waals surface area contributed by atoms with Gasteiger partial charge in [0.2, 0.25) is 0 Å². The first kappa shape index (κ1) is 12.0. The summed E-state index contributed by atoms with van der Waals surface area (Å²) in [6, 6.07) is 5.97. The van der Waals surface area contributed by atoms with Gasteiger partial charge in [-0.25, -0.2) is 0 Å². The fourth-order valence-electron chi connectivity index (χ4n) is 1.32. The first-order valence-electron chi connectivity index (χ1n) is 4.91. The molecule has 1 atom stereocenters. The molecular formula is C11H14ClN3. The highest BCUT2D eigenvalue weighted by Gasteiger charge is 2.09. The van der Waals surface area contributed by atoms with E-state index in [0.717, 1.165) is 13.1 Å². The fourth-order valence-corrected chi connectivity index (χ4v) is 1.51. The molecule has 0 radical (unpaired) electrons. The Bertz CT molecular complexity index is 320. The average molecular weight is 224 g/mol. The van der Waals surface area contributed by atoms with Crippen LogP contribution in [0.15, 0.2) is 24.5 Å². The highest BCUT2D eigenvalue weighted by Crippen LogP contribution is 2.05. The van der Waals surface area contributed by atoms with Gasteiger partial charge < -0.3 is 0 Å². The molecular weight excluding hydrogens is 210 g/mol. The minimum absolute atomic E-state index is 0.438. The number of hydrogen-bond donors (Lipinski definition) is 0. The molecule has 0 fully saturated rings. The van der Waals surface area contributed by atoms with E-state index >= 15 is 0 Å². The molecule has 0 aliphatic carbocycles. The van der Waals surface area contributed by atoms with Gasteiger partial charge in [-0.1, -0.05) is 6.92 Å². The standard InChI is InChI=1S/C11H14ClN3/c1-2-15(9-11(12)7-13)8-10-3-5-14-6-4-10/h3-6,11H,2,8-9H2,1H3. The zero-order chi connectivity index (χ0) is 11.1. The third-order valence-electron chi connectivity index (χ3n) is 2.16. The van der Waals surface area contributed by atoms with Crippen molar-refractivity contribution < 1.29 is 0 Å². The molecule has 15 heavy (non-hydrogen) atoms. The average Bonchev–Trinajstić information content (AvgIpc) is 2.29. The van der Waals surface area contributed by atoms with Crippen LogP contribution in [0, 0.1) is 11.3 Å². The van der Waals surface area contributed by atoms with Gasteiger partial charge in [-0.05, 0) is 24.2 Å². The van der Waals surface area contributed by atoms with Crippen LogP contribution in [-0.4, -0.2) is 28.4 Å². The monoisotopic (exact) mass is 223 g/mol. The van der Waals surface area contributed by atoms with Crippen molar-refractivity contribution in [3.63, 3.8) is 0 Å². The number of hydrogen-bond acceptors (Lipinski definition) is 3. The summed E-state index contributed by atoms with van der Waals surface area (Å²) in [5.74, 6) is 0. The molecule has 0 saturated heterocycles. The molecule has 1 heterocycles. The lowest BCUT2D eigenvalue weighted by molar-refractivity contribution is 0.288. The number of rotatable bonds is 5. The Kier molecular flexibility index (Phi) is 5.09. The van der Waals surface area contributed by atoms with Crippen LogP contribution in [-0.2, 0) is 6.54 Å². The van der Waals surface area contributed by atoms with Crippen molar-refractivity contribution in [2.24, 2.45) is 0 Å². The van der Waals surface area contributed by atoms with E-state index in [1.165, 1.54) is 5.56 Å². The zero-order valence-corrected chi connectivity index (χ0v) is 9.48. The Hall–Kier alpha value is -1.11. The molecule has 0 bridgehead atoms. The van der Waals surface area contributed by atoms with Crippen LogP contribution in [0.25, 0.3) is 0 Å². The van der Waals surface area contributed by atoms with Crippen molar-refractivity contribution in [1.82, 2.24) is 9.88 Å². The second-order valence-corrected chi connectivity index (χ2v) is 3.81. The number of alkyl halides is 1. The van der Waals surface area contributed by atoms with E-state index in [-0.39, 0.29) is 0 Å². The predicted molar refractivity (Wildman–Crippen MR) is 60.4 cm³/mol. The van der Waals surface area contributed by atoms with Gasteiger partial charge in [0.15, 0.2) is 0 Å². The Morgan fingerprint density at radius 1 is 1.53 bits per heavy atom. The summed E-state index contributed by atoms with van der Waals surface area (Å²) in [5.41, 5.74) is 1.19. The highest BCUT2D eigenvalue weighted by molar-refractivity contribution is 6.22. The maximum Gasteiger partial charge on any atom is 0.133 e. The normalized spacial score (nSPS) is 12.4. The molecule has 80 valence electrons. The Labute approximate surface area is 95.3 Å². The van der Waals surface area contributed by atoms with E-state index in [0.29, 0.717) is 6.54 Å². The molecule has 0 N–H and O–H groups in total. The summed E-state index contributed by atoms with van der Waals surface area (Å²) in [6.45, 7) is 4.34. The summed E-state index contributed by atoms with van der Waals surface area (Å²) in [5, 5.41) is 8.19. The van der Waals surface area contributed by atoms with E-state index < -0.39 is 5.38 Å². The predicted octanol–water partition coefficient (Wildman–Crippen LogP) is 2.03.